The van der Waals surface area contributed by atoms with Crippen molar-refractivity contribution >= 4 is 16.7 Å². The van der Waals surface area contributed by atoms with Crippen LogP contribution < -0.4 is 5.32 Å². The van der Waals surface area contributed by atoms with Crippen molar-refractivity contribution in [2.45, 2.75) is 71.3 Å². The molecule has 0 aromatic carbocycles. The predicted octanol–water partition coefficient (Wildman–Crippen LogP) is 4.43. The van der Waals surface area contributed by atoms with Crippen molar-refractivity contribution in [3.63, 3.8) is 0 Å². The lowest BCUT2D eigenvalue weighted by Crippen LogP contribution is -2.26. The number of aromatic nitrogens is 2. The first-order valence-corrected chi connectivity index (χ1v) is 7.87. The monoisotopic (exact) mass is 267 g/mol. The highest BCUT2D eigenvalue weighted by Crippen LogP contribution is 2.36. The second-order valence-electron chi connectivity index (χ2n) is 6.46. The van der Waals surface area contributed by atoms with Crippen LogP contribution in [-0.4, -0.2) is 14.9 Å². The van der Waals surface area contributed by atoms with Crippen LogP contribution in [0.5, 0.6) is 0 Å². The van der Waals surface area contributed by atoms with Gasteiger partial charge in [-0.3, -0.25) is 0 Å². The average Bonchev–Trinajstić information content (AvgIpc) is 2.75. The van der Waals surface area contributed by atoms with Crippen molar-refractivity contribution in [3.8, 4) is 0 Å². The van der Waals surface area contributed by atoms with Gasteiger partial charge in [0.1, 0.15) is 5.82 Å². The van der Waals surface area contributed by atoms with Crippen LogP contribution in [-0.2, 0) is 0 Å². The van der Waals surface area contributed by atoms with E-state index in [1.807, 2.05) is 0 Å². The Kier molecular flexibility index (Phi) is 4.25. The van der Waals surface area contributed by atoms with Crippen LogP contribution in [0.15, 0.2) is 0 Å². The molecule has 1 aliphatic carbocycles. The highest BCUT2D eigenvalue weighted by atomic mass is 32.1. The van der Waals surface area contributed by atoms with E-state index in [2.05, 4.69) is 42.4 Å². The van der Waals surface area contributed by atoms with Crippen LogP contribution in [0.2, 0.25) is 0 Å². The summed E-state index contributed by atoms with van der Waals surface area (Å²) in [5.41, 5.74) is 0.0661. The van der Waals surface area contributed by atoms with Gasteiger partial charge in [0.05, 0.1) is 0 Å². The summed E-state index contributed by atoms with van der Waals surface area (Å²) in [6, 6.07) is 0. The van der Waals surface area contributed by atoms with Crippen molar-refractivity contribution in [1.29, 1.82) is 0 Å². The molecule has 4 heteroatoms. The quantitative estimate of drug-likeness (QED) is 0.880. The Labute approximate surface area is 115 Å². The van der Waals surface area contributed by atoms with Crippen molar-refractivity contribution in [2.75, 3.05) is 5.32 Å². The van der Waals surface area contributed by atoms with Gasteiger partial charge >= 0.3 is 0 Å². The van der Waals surface area contributed by atoms with E-state index in [9.17, 15) is 0 Å². The molecule has 102 valence electrons. The third-order valence-corrected chi connectivity index (χ3v) is 4.36. The van der Waals surface area contributed by atoms with Crippen LogP contribution >= 0.6 is 11.5 Å². The zero-order chi connectivity index (χ0) is 13.2. The number of anilines is 1. The van der Waals surface area contributed by atoms with Gasteiger partial charge in [-0.25, -0.2) is 4.98 Å². The van der Waals surface area contributed by atoms with Gasteiger partial charge in [-0.05, 0) is 52.4 Å². The van der Waals surface area contributed by atoms with Gasteiger partial charge in [-0.2, -0.15) is 4.37 Å². The van der Waals surface area contributed by atoms with Gasteiger partial charge in [-0.1, -0.05) is 13.3 Å². The third kappa shape index (κ3) is 3.67. The molecule has 0 aliphatic heterocycles. The summed E-state index contributed by atoms with van der Waals surface area (Å²) in [4.78, 5) is 4.67. The molecule has 0 spiro atoms. The minimum absolute atomic E-state index is 0.0661. The van der Waals surface area contributed by atoms with Gasteiger partial charge in [0.25, 0.3) is 0 Å². The predicted molar refractivity (Wildman–Crippen MR) is 78.3 cm³/mol. The lowest BCUT2D eigenvalue weighted by atomic mass is 9.80. The summed E-state index contributed by atoms with van der Waals surface area (Å²) in [5, 5.41) is 4.37. The van der Waals surface area contributed by atoms with Gasteiger partial charge in [0.2, 0.25) is 5.13 Å². The third-order valence-electron chi connectivity index (χ3n) is 3.71. The minimum atomic E-state index is 0.0661. The Bertz CT molecular complexity index is 373. The number of hydrogen-bond donors (Lipinski definition) is 1. The van der Waals surface area contributed by atoms with Gasteiger partial charge < -0.3 is 5.32 Å². The van der Waals surface area contributed by atoms with E-state index in [0.29, 0.717) is 5.92 Å². The summed E-state index contributed by atoms with van der Waals surface area (Å²) in [6.45, 7) is 8.76. The second kappa shape index (κ2) is 5.55. The molecule has 1 aromatic rings. The first kappa shape index (κ1) is 13.8. The molecule has 1 N–H and O–H groups in total. The fraction of sp³-hybridized carbons (Fsp3) is 0.857. The fourth-order valence-electron chi connectivity index (χ4n) is 2.60. The van der Waals surface area contributed by atoms with E-state index >= 15 is 0 Å². The molecule has 3 nitrogen and oxygen atoms in total. The average molecular weight is 267 g/mol. The van der Waals surface area contributed by atoms with Crippen LogP contribution in [0, 0.1) is 5.92 Å². The molecule has 1 heterocycles. The zero-order valence-corrected chi connectivity index (χ0v) is 12.8. The second-order valence-corrected chi connectivity index (χ2v) is 7.21. The molecule has 0 bridgehead atoms. The summed E-state index contributed by atoms with van der Waals surface area (Å²) in [6.07, 6.45) is 6.56. The van der Waals surface area contributed by atoms with Gasteiger partial charge in [0, 0.05) is 23.0 Å². The Morgan fingerprint density at radius 3 is 2.44 bits per heavy atom. The van der Waals surface area contributed by atoms with E-state index in [0.717, 1.165) is 16.9 Å². The maximum Gasteiger partial charge on any atom is 0.202 e. The SMILES string of the molecule is CCC1CCC(c2nsc(NC(C)(C)C)n2)CC1. The van der Waals surface area contributed by atoms with Crippen LogP contribution in [0.1, 0.15) is 71.5 Å². The molecule has 1 aromatic heterocycles. The molecule has 0 amide bonds. The Morgan fingerprint density at radius 1 is 1.22 bits per heavy atom. The molecule has 0 radical (unpaired) electrons. The smallest absolute Gasteiger partial charge is 0.202 e. The largest absolute Gasteiger partial charge is 0.356 e. The first-order chi connectivity index (χ1) is 8.48. The summed E-state index contributed by atoms with van der Waals surface area (Å²) < 4.78 is 4.54. The number of nitrogens with one attached hydrogen (secondary N) is 1. The normalized spacial score (nSPS) is 25.1. The van der Waals surface area contributed by atoms with Gasteiger partial charge in [-0.15, -0.1) is 0 Å². The summed E-state index contributed by atoms with van der Waals surface area (Å²) >= 11 is 1.50. The van der Waals surface area contributed by atoms with E-state index in [1.165, 1.54) is 43.6 Å². The Hall–Kier alpha value is -0.640. The van der Waals surface area contributed by atoms with E-state index in [-0.39, 0.29) is 5.54 Å². The first-order valence-electron chi connectivity index (χ1n) is 7.09. The number of nitrogens with zero attached hydrogens (tertiary/aromatic N) is 2. The summed E-state index contributed by atoms with van der Waals surface area (Å²) in [7, 11) is 0. The number of hydrogen-bond acceptors (Lipinski definition) is 4. The van der Waals surface area contributed by atoms with Crippen molar-refractivity contribution in [2.24, 2.45) is 5.92 Å². The van der Waals surface area contributed by atoms with Gasteiger partial charge in [0.15, 0.2) is 0 Å². The maximum absolute atomic E-state index is 4.67. The fourth-order valence-corrected chi connectivity index (χ4v) is 3.46. The molecule has 18 heavy (non-hydrogen) atoms. The van der Waals surface area contributed by atoms with E-state index in [4.69, 9.17) is 0 Å². The van der Waals surface area contributed by atoms with Crippen LogP contribution in [0.3, 0.4) is 0 Å². The zero-order valence-electron chi connectivity index (χ0n) is 12.0. The van der Waals surface area contributed by atoms with Crippen molar-refractivity contribution < 1.29 is 0 Å². The minimum Gasteiger partial charge on any atom is -0.356 e. The van der Waals surface area contributed by atoms with Crippen molar-refractivity contribution in [3.05, 3.63) is 5.82 Å². The highest BCUT2D eigenvalue weighted by Gasteiger charge is 2.24. The van der Waals surface area contributed by atoms with Crippen LogP contribution in [0.4, 0.5) is 5.13 Å². The number of rotatable bonds is 3. The molecule has 1 fully saturated rings. The lowest BCUT2D eigenvalue weighted by molar-refractivity contribution is 0.313. The lowest BCUT2D eigenvalue weighted by Gasteiger charge is -2.25. The summed E-state index contributed by atoms with van der Waals surface area (Å²) in [5.74, 6) is 2.60. The van der Waals surface area contributed by atoms with E-state index < -0.39 is 0 Å². The Morgan fingerprint density at radius 2 is 1.89 bits per heavy atom. The molecular weight excluding hydrogens is 242 g/mol. The molecule has 0 atom stereocenters. The molecule has 2 rings (SSSR count). The molecule has 0 unspecified atom stereocenters. The molecule has 1 aliphatic rings. The highest BCUT2D eigenvalue weighted by molar-refractivity contribution is 7.09. The van der Waals surface area contributed by atoms with Crippen molar-refractivity contribution in [1.82, 2.24) is 9.36 Å². The molecule has 0 saturated heterocycles. The standard InChI is InChI=1S/C14H25N3S/c1-5-10-6-8-11(9-7-10)12-15-13(18-17-12)16-14(2,3)4/h10-11H,5-9H2,1-4H3,(H,15,16,17). The Balaban J connectivity index is 1.94. The molecule has 1 saturated carbocycles. The van der Waals surface area contributed by atoms with E-state index in [1.54, 1.807) is 0 Å². The topological polar surface area (TPSA) is 37.8 Å². The van der Waals surface area contributed by atoms with Crippen LogP contribution in [0.25, 0.3) is 0 Å². The maximum atomic E-state index is 4.67. The molecular formula is C14H25N3S.